The highest BCUT2D eigenvalue weighted by Gasteiger charge is 2.52. The topological polar surface area (TPSA) is 35.2 Å². The first kappa shape index (κ1) is 11.8. The number of hydrogen-bond acceptors (Lipinski definition) is 2. The molecule has 0 unspecified atom stereocenters. The summed E-state index contributed by atoms with van der Waals surface area (Å²) in [6, 6.07) is 8.36. The van der Waals surface area contributed by atoms with Gasteiger partial charge < -0.3 is 10.5 Å². The zero-order valence-electron chi connectivity index (χ0n) is 11.5. The van der Waals surface area contributed by atoms with E-state index >= 15 is 0 Å². The second-order valence-electron chi connectivity index (χ2n) is 7.05. The van der Waals surface area contributed by atoms with Crippen LogP contribution in [0.1, 0.15) is 44.1 Å². The zero-order valence-corrected chi connectivity index (χ0v) is 11.5. The molecule has 5 rings (SSSR count). The maximum atomic E-state index is 6.50. The molecule has 0 aromatic heterocycles. The fraction of sp³-hybridized carbons (Fsp3) is 0.647. The van der Waals surface area contributed by atoms with E-state index < -0.39 is 0 Å². The normalized spacial score (nSPS) is 39.5. The Kier molecular flexibility index (Phi) is 2.63. The molecular formula is C17H23NO. The van der Waals surface area contributed by atoms with Crippen LogP contribution in [0, 0.1) is 17.8 Å². The van der Waals surface area contributed by atoms with Gasteiger partial charge in [0.1, 0.15) is 11.4 Å². The number of ether oxygens (including phenoxy) is 1. The Bertz CT molecular complexity index is 447. The minimum absolute atomic E-state index is 0.155. The quantitative estimate of drug-likeness (QED) is 0.899. The van der Waals surface area contributed by atoms with Gasteiger partial charge in [-0.25, -0.2) is 0 Å². The first-order valence-corrected chi connectivity index (χ1v) is 7.73. The predicted molar refractivity (Wildman–Crippen MR) is 75.9 cm³/mol. The number of hydrogen-bond donors (Lipinski definition) is 1. The Morgan fingerprint density at radius 2 is 1.68 bits per heavy atom. The summed E-state index contributed by atoms with van der Waals surface area (Å²) in [5.74, 6) is 3.83. The molecule has 0 heterocycles. The summed E-state index contributed by atoms with van der Waals surface area (Å²) in [4.78, 5) is 0. The molecule has 0 amide bonds. The minimum Gasteiger partial charge on any atom is -0.487 e. The first-order valence-electron chi connectivity index (χ1n) is 7.73. The van der Waals surface area contributed by atoms with Crippen molar-refractivity contribution >= 4 is 0 Å². The lowest BCUT2D eigenvalue weighted by atomic mass is 9.54. The average molecular weight is 257 g/mol. The summed E-state index contributed by atoms with van der Waals surface area (Å²) in [7, 11) is 0. The molecular weight excluding hydrogens is 234 g/mol. The van der Waals surface area contributed by atoms with Gasteiger partial charge in [0, 0.05) is 6.54 Å². The fourth-order valence-electron chi connectivity index (χ4n) is 5.14. The Labute approximate surface area is 115 Å². The summed E-state index contributed by atoms with van der Waals surface area (Å²) in [5, 5.41) is 0. The molecule has 1 aromatic carbocycles. The van der Waals surface area contributed by atoms with Gasteiger partial charge in [-0.15, -0.1) is 0 Å². The zero-order chi connectivity index (χ0) is 12.9. The standard InChI is InChI=1S/C17H23NO/c18-11-12-2-1-3-16(7-12)19-17-8-13-4-14(9-17)6-15(5-13)10-17/h1-3,7,13-15H,4-6,8-11,18H2. The first-order chi connectivity index (χ1) is 9.25. The van der Waals surface area contributed by atoms with Crippen LogP contribution in [0.2, 0.25) is 0 Å². The van der Waals surface area contributed by atoms with Gasteiger partial charge in [0.05, 0.1) is 0 Å². The third kappa shape index (κ3) is 2.06. The summed E-state index contributed by atoms with van der Waals surface area (Å²) < 4.78 is 6.50. The van der Waals surface area contributed by atoms with Crippen molar-refractivity contribution in [2.24, 2.45) is 23.5 Å². The van der Waals surface area contributed by atoms with Gasteiger partial charge in [0.15, 0.2) is 0 Å². The Hall–Kier alpha value is -1.02. The van der Waals surface area contributed by atoms with Crippen LogP contribution in [0.15, 0.2) is 24.3 Å². The lowest BCUT2D eigenvalue weighted by Crippen LogP contribution is -2.53. The highest BCUT2D eigenvalue weighted by Crippen LogP contribution is 2.57. The van der Waals surface area contributed by atoms with E-state index in [1.165, 1.54) is 44.1 Å². The van der Waals surface area contributed by atoms with Gasteiger partial charge in [0.25, 0.3) is 0 Å². The molecule has 4 saturated carbocycles. The Balaban J connectivity index is 1.58. The molecule has 2 heteroatoms. The highest BCUT2D eigenvalue weighted by atomic mass is 16.5. The second-order valence-corrected chi connectivity index (χ2v) is 7.05. The van der Waals surface area contributed by atoms with E-state index in [0.717, 1.165) is 23.5 Å². The Morgan fingerprint density at radius 1 is 1.05 bits per heavy atom. The highest BCUT2D eigenvalue weighted by molar-refractivity contribution is 5.29. The van der Waals surface area contributed by atoms with Crippen LogP contribution < -0.4 is 10.5 Å². The number of benzene rings is 1. The van der Waals surface area contributed by atoms with Crippen LogP contribution in [0.5, 0.6) is 5.75 Å². The molecule has 0 atom stereocenters. The number of nitrogens with two attached hydrogens (primary N) is 1. The van der Waals surface area contributed by atoms with Crippen molar-refractivity contribution in [3.63, 3.8) is 0 Å². The molecule has 2 nitrogen and oxygen atoms in total. The predicted octanol–water partition coefficient (Wildman–Crippen LogP) is 3.49. The van der Waals surface area contributed by atoms with Crippen molar-refractivity contribution in [1.82, 2.24) is 0 Å². The van der Waals surface area contributed by atoms with E-state index in [1.54, 1.807) is 0 Å². The van der Waals surface area contributed by atoms with Crippen molar-refractivity contribution < 1.29 is 4.74 Å². The molecule has 0 aliphatic heterocycles. The van der Waals surface area contributed by atoms with Gasteiger partial charge in [-0.3, -0.25) is 0 Å². The van der Waals surface area contributed by atoms with Gasteiger partial charge in [-0.1, -0.05) is 12.1 Å². The van der Waals surface area contributed by atoms with Gasteiger partial charge in [-0.2, -0.15) is 0 Å². The molecule has 4 aliphatic carbocycles. The van der Waals surface area contributed by atoms with E-state index in [2.05, 4.69) is 24.3 Å². The van der Waals surface area contributed by atoms with E-state index in [0.29, 0.717) is 6.54 Å². The summed E-state index contributed by atoms with van der Waals surface area (Å²) in [6.45, 7) is 0.595. The molecule has 4 fully saturated rings. The summed E-state index contributed by atoms with van der Waals surface area (Å²) in [6.07, 6.45) is 8.24. The molecule has 0 radical (unpaired) electrons. The van der Waals surface area contributed by atoms with Crippen LogP contribution >= 0.6 is 0 Å². The van der Waals surface area contributed by atoms with Crippen LogP contribution in [0.4, 0.5) is 0 Å². The maximum Gasteiger partial charge on any atom is 0.120 e. The molecule has 0 saturated heterocycles. The van der Waals surface area contributed by atoms with E-state index in [1.807, 2.05) is 0 Å². The lowest BCUT2D eigenvalue weighted by molar-refractivity contribution is -0.107. The average Bonchev–Trinajstić information content (AvgIpc) is 2.36. The van der Waals surface area contributed by atoms with E-state index in [-0.39, 0.29) is 5.60 Å². The van der Waals surface area contributed by atoms with Crippen molar-refractivity contribution in [3.05, 3.63) is 29.8 Å². The van der Waals surface area contributed by atoms with Crippen molar-refractivity contribution in [2.45, 2.75) is 50.7 Å². The SMILES string of the molecule is NCc1cccc(OC23CC4CC(CC(C4)C2)C3)c1. The van der Waals surface area contributed by atoms with Crippen LogP contribution in [0.25, 0.3) is 0 Å². The fourth-order valence-corrected chi connectivity index (χ4v) is 5.14. The second kappa shape index (κ2) is 4.24. The third-order valence-electron chi connectivity index (χ3n) is 5.45. The van der Waals surface area contributed by atoms with E-state index in [4.69, 9.17) is 10.5 Å². The third-order valence-corrected chi connectivity index (χ3v) is 5.45. The summed E-state index contributed by atoms with van der Waals surface area (Å²) >= 11 is 0. The molecule has 2 N–H and O–H groups in total. The molecule has 1 aromatic rings. The van der Waals surface area contributed by atoms with Crippen molar-refractivity contribution in [3.8, 4) is 5.75 Å². The summed E-state index contributed by atoms with van der Waals surface area (Å²) in [5.41, 5.74) is 7.05. The molecule has 4 bridgehead atoms. The molecule has 4 aliphatic rings. The number of rotatable bonds is 3. The molecule has 102 valence electrons. The van der Waals surface area contributed by atoms with Crippen LogP contribution in [-0.4, -0.2) is 5.60 Å². The lowest BCUT2D eigenvalue weighted by Gasteiger charge is -2.56. The van der Waals surface area contributed by atoms with Gasteiger partial charge in [0.2, 0.25) is 0 Å². The smallest absolute Gasteiger partial charge is 0.120 e. The van der Waals surface area contributed by atoms with Gasteiger partial charge >= 0.3 is 0 Å². The molecule has 0 spiro atoms. The van der Waals surface area contributed by atoms with Crippen LogP contribution in [0.3, 0.4) is 0 Å². The Morgan fingerprint density at radius 3 is 2.26 bits per heavy atom. The van der Waals surface area contributed by atoms with Crippen LogP contribution in [-0.2, 0) is 6.54 Å². The molecule has 19 heavy (non-hydrogen) atoms. The monoisotopic (exact) mass is 257 g/mol. The van der Waals surface area contributed by atoms with Crippen molar-refractivity contribution in [1.29, 1.82) is 0 Å². The van der Waals surface area contributed by atoms with Gasteiger partial charge in [-0.05, 0) is 74.0 Å². The largest absolute Gasteiger partial charge is 0.487 e. The van der Waals surface area contributed by atoms with Crippen molar-refractivity contribution in [2.75, 3.05) is 0 Å². The van der Waals surface area contributed by atoms with E-state index in [9.17, 15) is 0 Å². The maximum absolute atomic E-state index is 6.50. The minimum atomic E-state index is 0.155.